The number of imidazole rings is 1. The monoisotopic (exact) mass is 298 g/mol. The Hall–Kier alpha value is -1.89. The van der Waals surface area contributed by atoms with Crippen LogP contribution in [0.5, 0.6) is 6.01 Å². The fraction of sp³-hybridized carbons (Fsp3) is 0.571. The summed E-state index contributed by atoms with van der Waals surface area (Å²) in [5.41, 5.74) is 1.05. The van der Waals surface area contributed by atoms with Crippen molar-refractivity contribution in [2.45, 2.75) is 32.9 Å². The molecule has 1 aliphatic heterocycles. The van der Waals surface area contributed by atoms with E-state index in [4.69, 9.17) is 9.47 Å². The van der Waals surface area contributed by atoms with Crippen molar-refractivity contribution in [2.24, 2.45) is 0 Å². The zero-order chi connectivity index (χ0) is 15.4. The molecule has 2 rings (SSSR count). The topological polar surface area (TPSA) is 62.6 Å². The first-order valence-corrected chi connectivity index (χ1v) is 6.83. The Balaban J connectivity index is 2.30. The smallest absolute Gasteiger partial charge is 0.367 e. The third kappa shape index (κ3) is 3.41. The number of nitrogens with zero attached hydrogens (tertiary/aromatic N) is 2. The van der Waals surface area contributed by atoms with Crippen LogP contribution in [-0.4, -0.2) is 41.9 Å². The molecule has 0 radical (unpaired) electrons. The minimum Gasteiger partial charge on any atom is -0.468 e. The van der Waals surface area contributed by atoms with E-state index < -0.39 is 11.8 Å². The molecule has 0 aliphatic carbocycles. The van der Waals surface area contributed by atoms with E-state index in [1.165, 1.54) is 7.11 Å². The number of esters is 1. The normalized spacial score (nSPS) is 18.3. The lowest BCUT2D eigenvalue weighted by Gasteiger charge is -2.27. The first kappa shape index (κ1) is 15.5. The van der Waals surface area contributed by atoms with Crippen LogP contribution in [0.15, 0.2) is 5.83 Å². The van der Waals surface area contributed by atoms with Crippen molar-refractivity contribution in [3.63, 3.8) is 0 Å². The number of ether oxygens (including phenoxy) is 3. The molecule has 0 unspecified atom stereocenters. The summed E-state index contributed by atoms with van der Waals surface area (Å²) in [6, 6.07) is 0.367. The molecule has 0 aromatic carbocycles. The lowest BCUT2D eigenvalue weighted by Crippen LogP contribution is -2.31. The highest BCUT2D eigenvalue weighted by atomic mass is 19.1. The number of carbonyl (C=O) groups is 1. The van der Waals surface area contributed by atoms with Crippen LogP contribution >= 0.6 is 0 Å². The summed E-state index contributed by atoms with van der Waals surface area (Å²) in [6.07, 6.45) is 2.12. The molecule has 1 saturated heterocycles. The minimum atomic E-state index is -0.983. The quantitative estimate of drug-likeness (QED) is 0.592. The van der Waals surface area contributed by atoms with Crippen molar-refractivity contribution in [3.05, 3.63) is 17.2 Å². The Morgan fingerprint density at radius 2 is 2.33 bits per heavy atom. The van der Waals surface area contributed by atoms with Crippen LogP contribution in [0.4, 0.5) is 4.39 Å². The molecular formula is C14H19FN2O4. The van der Waals surface area contributed by atoms with E-state index in [0.717, 1.165) is 19.1 Å². The van der Waals surface area contributed by atoms with Crippen LogP contribution in [0.1, 0.15) is 24.7 Å². The Morgan fingerprint density at radius 1 is 1.62 bits per heavy atom. The molecule has 0 bridgehead atoms. The van der Waals surface area contributed by atoms with Crippen molar-refractivity contribution in [1.82, 2.24) is 9.55 Å². The predicted molar refractivity (Wildman–Crippen MR) is 73.6 cm³/mol. The maximum atomic E-state index is 13.8. The summed E-state index contributed by atoms with van der Waals surface area (Å²) in [7, 11) is 1.50. The number of rotatable bonds is 6. The Bertz CT molecular complexity index is 549. The summed E-state index contributed by atoms with van der Waals surface area (Å²) in [4.78, 5) is 15.6. The highest BCUT2D eigenvalue weighted by molar-refractivity contribution is 5.91. The number of methoxy groups -OCH3 is 1. The van der Waals surface area contributed by atoms with Gasteiger partial charge in [-0.25, -0.2) is 4.79 Å². The molecule has 1 aromatic rings. The van der Waals surface area contributed by atoms with Gasteiger partial charge in [-0.3, -0.25) is 4.57 Å². The first-order valence-electron chi connectivity index (χ1n) is 6.83. The average Bonchev–Trinajstić information content (AvgIpc) is 2.70. The number of aromatic nitrogens is 2. The third-order valence-electron chi connectivity index (χ3n) is 3.25. The van der Waals surface area contributed by atoms with Gasteiger partial charge in [-0.05, 0) is 20.3 Å². The van der Waals surface area contributed by atoms with Crippen LogP contribution in [-0.2, 0) is 20.8 Å². The van der Waals surface area contributed by atoms with Gasteiger partial charge in [0.25, 0.3) is 6.01 Å². The number of hydrogen-bond acceptors (Lipinski definition) is 5. The summed E-state index contributed by atoms with van der Waals surface area (Å²) >= 11 is 0. The van der Waals surface area contributed by atoms with Crippen molar-refractivity contribution in [3.8, 4) is 6.01 Å². The number of hydrogen-bond donors (Lipinski definition) is 0. The summed E-state index contributed by atoms with van der Waals surface area (Å²) < 4.78 is 30.8. The fourth-order valence-electron chi connectivity index (χ4n) is 2.09. The second-order valence-electron chi connectivity index (χ2n) is 4.67. The molecule has 1 aromatic heterocycles. The maximum absolute atomic E-state index is 13.8. The molecule has 21 heavy (non-hydrogen) atoms. The number of aryl methyl sites for hydroxylation is 1. The van der Waals surface area contributed by atoms with Gasteiger partial charge in [0, 0.05) is 12.7 Å². The molecule has 1 fully saturated rings. The van der Waals surface area contributed by atoms with Crippen LogP contribution in [0, 0.1) is 6.92 Å². The highest BCUT2D eigenvalue weighted by Crippen LogP contribution is 2.24. The average molecular weight is 298 g/mol. The van der Waals surface area contributed by atoms with E-state index in [1.54, 1.807) is 18.4 Å². The second-order valence-corrected chi connectivity index (χ2v) is 4.67. The standard InChI is InChI=1S/C14H19FN2O4/c1-4-20-13(18)11(15)7-12-9(2)16-14(19-3)17(12)8-10-5-6-21-10/h7,10H,4-6,8H2,1-3H3/b11-7-/t10-/m0/s1. The van der Waals surface area contributed by atoms with Gasteiger partial charge in [-0.2, -0.15) is 9.37 Å². The van der Waals surface area contributed by atoms with E-state index in [9.17, 15) is 9.18 Å². The summed E-state index contributed by atoms with van der Waals surface area (Å²) in [6.45, 7) is 4.70. The van der Waals surface area contributed by atoms with E-state index in [-0.39, 0.29) is 12.7 Å². The first-order chi connectivity index (χ1) is 10.1. The molecule has 7 heteroatoms. The molecule has 1 aliphatic rings. The van der Waals surface area contributed by atoms with E-state index >= 15 is 0 Å². The maximum Gasteiger partial charge on any atom is 0.367 e. The molecule has 1 atom stereocenters. The Kier molecular flexibility index (Phi) is 4.95. The van der Waals surface area contributed by atoms with Crippen LogP contribution in [0.2, 0.25) is 0 Å². The van der Waals surface area contributed by atoms with E-state index in [2.05, 4.69) is 9.72 Å². The Morgan fingerprint density at radius 3 is 2.86 bits per heavy atom. The lowest BCUT2D eigenvalue weighted by atomic mass is 10.2. The Labute approximate surface area is 122 Å². The molecule has 2 heterocycles. The molecular weight excluding hydrogens is 279 g/mol. The molecule has 116 valence electrons. The van der Waals surface area contributed by atoms with Gasteiger partial charge in [-0.15, -0.1) is 0 Å². The van der Waals surface area contributed by atoms with Crippen LogP contribution in [0.3, 0.4) is 0 Å². The number of halogens is 1. The second kappa shape index (κ2) is 6.71. The molecule has 0 saturated carbocycles. The van der Waals surface area contributed by atoms with Gasteiger partial charge in [0.1, 0.15) is 0 Å². The van der Waals surface area contributed by atoms with E-state index in [0.29, 0.717) is 23.9 Å². The molecule has 0 spiro atoms. The summed E-state index contributed by atoms with van der Waals surface area (Å²) in [5, 5.41) is 0. The van der Waals surface area contributed by atoms with Crippen molar-refractivity contribution in [2.75, 3.05) is 20.3 Å². The molecule has 0 amide bonds. The van der Waals surface area contributed by atoms with Crippen LogP contribution in [0.25, 0.3) is 6.08 Å². The molecule has 0 N–H and O–H groups in total. The van der Waals surface area contributed by atoms with Crippen LogP contribution < -0.4 is 4.74 Å². The summed E-state index contributed by atoms with van der Waals surface area (Å²) in [5.74, 6) is -1.94. The van der Waals surface area contributed by atoms with Gasteiger partial charge < -0.3 is 14.2 Å². The lowest BCUT2D eigenvalue weighted by molar-refractivity contribution is -0.140. The fourth-order valence-corrected chi connectivity index (χ4v) is 2.09. The minimum absolute atomic E-state index is 0.0605. The predicted octanol–water partition coefficient (Wildman–Crippen LogP) is 1.86. The van der Waals surface area contributed by atoms with Crippen molar-refractivity contribution < 1.29 is 23.4 Å². The van der Waals surface area contributed by atoms with Gasteiger partial charge in [0.2, 0.25) is 5.83 Å². The molecule has 6 nitrogen and oxygen atoms in total. The van der Waals surface area contributed by atoms with Gasteiger partial charge in [0.15, 0.2) is 0 Å². The zero-order valence-corrected chi connectivity index (χ0v) is 12.4. The SMILES string of the molecule is CCOC(=O)/C(F)=C/c1c(C)nc(OC)n1C[C@@H]1CCO1. The van der Waals surface area contributed by atoms with Gasteiger partial charge >= 0.3 is 5.97 Å². The van der Waals surface area contributed by atoms with Crippen molar-refractivity contribution in [1.29, 1.82) is 0 Å². The number of carbonyl (C=O) groups excluding carboxylic acids is 1. The van der Waals surface area contributed by atoms with Crippen molar-refractivity contribution >= 4 is 12.0 Å². The third-order valence-corrected chi connectivity index (χ3v) is 3.25. The van der Waals surface area contributed by atoms with Gasteiger partial charge in [0.05, 0.1) is 37.8 Å². The van der Waals surface area contributed by atoms with E-state index in [1.807, 2.05) is 0 Å². The highest BCUT2D eigenvalue weighted by Gasteiger charge is 2.24. The largest absolute Gasteiger partial charge is 0.468 e. The van der Waals surface area contributed by atoms with Gasteiger partial charge in [-0.1, -0.05) is 0 Å². The zero-order valence-electron chi connectivity index (χ0n) is 12.4.